The number of carbonyl (C=O) groups excluding carboxylic acids is 2. The van der Waals surface area contributed by atoms with E-state index in [9.17, 15) is 19.7 Å². The van der Waals surface area contributed by atoms with Crippen molar-refractivity contribution in [3.63, 3.8) is 0 Å². The summed E-state index contributed by atoms with van der Waals surface area (Å²) in [5.74, 6) is 0.399. The van der Waals surface area contributed by atoms with Gasteiger partial charge in [-0.2, -0.15) is 0 Å². The van der Waals surface area contributed by atoms with Gasteiger partial charge >= 0.3 is 0 Å². The molecule has 0 saturated carbocycles. The van der Waals surface area contributed by atoms with Crippen LogP contribution in [0.3, 0.4) is 0 Å². The highest BCUT2D eigenvalue weighted by molar-refractivity contribution is 8.18. The van der Waals surface area contributed by atoms with Gasteiger partial charge in [0.15, 0.2) is 0 Å². The van der Waals surface area contributed by atoms with E-state index in [1.807, 2.05) is 6.07 Å². The van der Waals surface area contributed by atoms with Crippen molar-refractivity contribution in [3.05, 3.63) is 91.0 Å². The third-order valence-corrected chi connectivity index (χ3v) is 6.31. The fourth-order valence-corrected chi connectivity index (χ4v) is 4.24. The molecule has 9 heteroatoms. The second-order valence-electron chi connectivity index (χ2n) is 7.29. The van der Waals surface area contributed by atoms with E-state index in [-0.39, 0.29) is 22.4 Å². The molecule has 2 aromatic carbocycles. The van der Waals surface area contributed by atoms with E-state index in [4.69, 9.17) is 16.0 Å². The van der Waals surface area contributed by atoms with Crippen LogP contribution in [0.5, 0.6) is 0 Å². The Morgan fingerprint density at radius 2 is 1.84 bits per heavy atom. The Morgan fingerprint density at radius 1 is 1.12 bits per heavy atom. The van der Waals surface area contributed by atoms with Gasteiger partial charge in [0.1, 0.15) is 11.5 Å². The Kier molecular flexibility index (Phi) is 5.90. The SMILES string of the molecule is Cc1cc(-c2ccc(/C=C3/SC(=O)N(Cc4ccc(Cl)cc4)C3=O)o2)cc([N+](=O)[O-])c1C. The molecule has 0 spiro atoms. The van der Waals surface area contributed by atoms with E-state index in [2.05, 4.69) is 0 Å². The number of hydrogen-bond donors (Lipinski definition) is 0. The fourth-order valence-electron chi connectivity index (χ4n) is 3.30. The Balaban J connectivity index is 1.57. The Labute approximate surface area is 192 Å². The molecule has 0 N–H and O–H groups in total. The predicted molar refractivity (Wildman–Crippen MR) is 123 cm³/mol. The highest BCUT2D eigenvalue weighted by atomic mass is 35.5. The van der Waals surface area contributed by atoms with Gasteiger partial charge in [0.2, 0.25) is 0 Å². The van der Waals surface area contributed by atoms with Crippen LogP contribution in [-0.4, -0.2) is 21.0 Å². The van der Waals surface area contributed by atoms with Crippen LogP contribution in [0.15, 0.2) is 57.9 Å². The van der Waals surface area contributed by atoms with Crippen LogP contribution < -0.4 is 0 Å². The summed E-state index contributed by atoms with van der Waals surface area (Å²) in [7, 11) is 0. The minimum Gasteiger partial charge on any atom is -0.457 e. The number of aryl methyl sites for hydroxylation is 1. The van der Waals surface area contributed by atoms with Gasteiger partial charge in [0.25, 0.3) is 16.8 Å². The molecule has 4 rings (SSSR count). The molecule has 1 saturated heterocycles. The van der Waals surface area contributed by atoms with Gasteiger partial charge in [-0.3, -0.25) is 24.6 Å². The number of hydrogen-bond acceptors (Lipinski definition) is 6. The Hall–Kier alpha value is -3.36. The molecule has 1 aromatic heterocycles. The van der Waals surface area contributed by atoms with Crippen LogP contribution >= 0.6 is 23.4 Å². The zero-order valence-electron chi connectivity index (χ0n) is 17.1. The van der Waals surface area contributed by atoms with Crippen molar-refractivity contribution in [3.8, 4) is 11.3 Å². The van der Waals surface area contributed by atoms with Crippen LogP contribution in [0.25, 0.3) is 17.4 Å². The summed E-state index contributed by atoms with van der Waals surface area (Å²) in [4.78, 5) is 37.4. The standard InChI is InChI=1S/C23H17ClN2O5S/c1-13-9-16(10-19(14(13)2)26(29)30)20-8-7-18(31-20)11-21-22(27)25(23(28)32-21)12-15-3-5-17(24)6-4-15/h3-11H,12H2,1-2H3/b21-11+. The second-order valence-corrected chi connectivity index (χ2v) is 8.72. The van der Waals surface area contributed by atoms with Crippen LogP contribution in [0.4, 0.5) is 10.5 Å². The molecule has 1 fully saturated rings. The third-order valence-electron chi connectivity index (χ3n) is 5.15. The summed E-state index contributed by atoms with van der Waals surface area (Å²) < 4.78 is 5.80. The second kappa shape index (κ2) is 8.64. The van der Waals surface area contributed by atoms with Crippen LogP contribution in [0.1, 0.15) is 22.5 Å². The predicted octanol–water partition coefficient (Wildman–Crippen LogP) is 6.36. The van der Waals surface area contributed by atoms with Crippen molar-refractivity contribution >= 4 is 46.3 Å². The number of nitro benzene ring substituents is 1. The first-order chi connectivity index (χ1) is 15.2. The molecule has 2 heterocycles. The van der Waals surface area contributed by atoms with E-state index >= 15 is 0 Å². The van der Waals surface area contributed by atoms with E-state index in [0.29, 0.717) is 27.7 Å². The number of carbonyl (C=O) groups is 2. The lowest BCUT2D eigenvalue weighted by Crippen LogP contribution is -2.27. The minimum atomic E-state index is -0.424. The maximum Gasteiger partial charge on any atom is 0.293 e. The van der Waals surface area contributed by atoms with Crippen molar-refractivity contribution in [1.82, 2.24) is 4.90 Å². The minimum absolute atomic E-state index is 0.0151. The van der Waals surface area contributed by atoms with Gasteiger partial charge in [-0.05, 0) is 67.1 Å². The molecule has 1 aliphatic heterocycles. The lowest BCUT2D eigenvalue weighted by atomic mass is 10.0. The molecule has 162 valence electrons. The largest absolute Gasteiger partial charge is 0.457 e. The van der Waals surface area contributed by atoms with E-state index in [0.717, 1.165) is 27.8 Å². The first kappa shape index (κ1) is 21.9. The molecule has 1 aliphatic rings. The van der Waals surface area contributed by atoms with E-state index < -0.39 is 10.8 Å². The summed E-state index contributed by atoms with van der Waals surface area (Å²) in [5.41, 5.74) is 2.74. The van der Waals surface area contributed by atoms with Crippen molar-refractivity contribution in [1.29, 1.82) is 0 Å². The van der Waals surface area contributed by atoms with E-state index in [1.54, 1.807) is 50.2 Å². The lowest BCUT2D eigenvalue weighted by Gasteiger charge is -2.12. The first-order valence-electron chi connectivity index (χ1n) is 9.58. The summed E-state index contributed by atoms with van der Waals surface area (Å²) in [6.45, 7) is 3.65. The first-order valence-corrected chi connectivity index (χ1v) is 10.8. The average molecular weight is 469 g/mol. The molecule has 0 bridgehead atoms. The number of benzene rings is 2. The average Bonchev–Trinajstić information content (AvgIpc) is 3.31. The molecule has 2 amide bonds. The normalized spacial score (nSPS) is 15.1. The van der Waals surface area contributed by atoms with Crippen LogP contribution in [-0.2, 0) is 11.3 Å². The van der Waals surface area contributed by atoms with Crippen molar-refractivity contribution in [2.75, 3.05) is 0 Å². The Morgan fingerprint density at radius 3 is 2.53 bits per heavy atom. The molecule has 0 atom stereocenters. The highest BCUT2D eigenvalue weighted by Gasteiger charge is 2.35. The summed E-state index contributed by atoms with van der Waals surface area (Å²) in [5, 5.41) is 11.5. The fraction of sp³-hybridized carbons (Fsp3) is 0.130. The summed E-state index contributed by atoms with van der Waals surface area (Å²) in [6.07, 6.45) is 1.51. The van der Waals surface area contributed by atoms with Crippen LogP contribution in [0, 0.1) is 24.0 Å². The van der Waals surface area contributed by atoms with Crippen molar-refractivity contribution < 1.29 is 18.9 Å². The zero-order valence-corrected chi connectivity index (χ0v) is 18.7. The smallest absolute Gasteiger partial charge is 0.293 e. The molecule has 7 nitrogen and oxygen atoms in total. The van der Waals surface area contributed by atoms with Gasteiger partial charge in [0, 0.05) is 28.3 Å². The maximum absolute atomic E-state index is 12.7. The molecule has 32 heavy (non-hydrogen) atoms. The molecule has 0 unspecified atom stereocenters. The summed E-state index contributed by atoms with van der Waals surface area (Å²) >= 11 is 6.72. The zero-order chi connectivity index (χ0) is 23.0. The number of amides is 2. The lowest BCUT2D eigenvalue weighted by molar-refractivity contribution is -0.385. The number of furan rings is 1. The highest BCUT2D eigenvalue weighted by Crippen LogP contribution is 2.35. The molecule has 3 aromatic rings. The number of thioether (sulfide) groups is 1. The topological polar surface area (TPSA) is 93.7 Å². The number of nitrogens with zero attached hydrogens (tertiary/aromatic N) is 2. The van der Waals surface area contributed by atoms with Gasteiger partial charge in [0.05, 0.1) is 16.4 Å². The third kappa shape index (κ3) is 4.32. The summed E-state index contributed by atoms with van der Waals surface area (Å²) in [6, 6.07) is 13.5. The number of imide groups is 1. The van der Waals surface area contributed by atoms with E-state index in [1.165, 1.54) is 12.1 Å². The monoisotopic (exact) mass is 468 g/mol. The van der Waals surface area contributed by atoms with Crippen molar-refractivity contribution in [2.45, 2.75) is 20.4 Å². The number of rotatable bonds is 5. The molecular formula is C23H17ClN2O5S. The molecule has 0 radical (unpaired) electrons. The number of halogens is 1. The van der Waals surface area contributed by atoms with Gasteiger partial charge < -0.3 is 4.42 Å². The van der Waals surface area contributed by atoms with Gasteiger partial charge in [-0.25, -0.2) is 0 Å². The quantitative estimate of drug-likeness (QED) is 0.245. The molecule has 0 aliphatic carbocycles. The van der Waals surface area contributed by atoms with Crippen molar-refractivity contribution in [2.24, 2.45) is 0 Å². The van der Waals surface area contributed by atoms with Gasteiger partial charge in [-0.1, -0.05) is 23.7 Å². The van der Waals surface area contributed by atoms with Gasteiger partial charge in [-0.15, -0.1) is 0 Å². The number of nitro groups is 1. The maximum atomic E-state index is 12.7. The Bertz CT molecular complexity index is 1280. The molecular weight excluding hydrogens is 452 g/mol. The van der Waals surface area contributed by atoms with Crippen LogP contribution in [0.2, 0.25) is 5.02 Å².